The fourth-order valence-electron chi connectivity index (χ4n) is 2.39. The molecule has 0 spiro atoms. The number of hydrogen-bond donors (Lipinski definition) is 1. The maximum absolute atomic E-state index is 5.94. The molecule has 0 amide bonds. The Morgan fingerprint density at radius 2 is 2.22 bits per heavy atom. The molecule has 1 fully saturated rings. The van der Waals surface area contributed by atoms with Crippen LogP contribution in [0.5, 0.6) is 0 Å². The molecule has 1 aromatic heterocycles. The van der Waals surface area contributed by atoms with Gasteiger partial charge < -0.3 is 5.32 Å². The molecule has 0 bridgehead atoms. The van der Waals surface area contributed by atoms with Crippen molar-refractivity contribution in [1.29, 1.82) is 0 Å². The largest absolute Gasteiger partial charge is 0.317 e. The van der Waals surface area contributed by atoms with E-state index in [1.165, 1.54) is 32.5 Å². The van der Waals surface area contributed by atoms with E-state index in [1.54, 1.807) is 17.5 Å². The second kappa shape index (κ2) is 6.85. The molecule has 0 radical (unpaired) electrons. The summed E-state index contributed by atoms with van der Waals surface area (Å²) in [5, 5.41) is 4.55. The lowest BCUT2D eigenvalue weighted by molar-refractivity contribution is 0.161. The Balaban J connectivity index is 1.90. The Kier molecular flexibility index (Phi) is 5.42. The second-order valence-corrected chi connectivity index (χ2v) is 7.02. The minimum atomic E-state index is 0.558. The predicted octanol–water partition coefficient (Wildman–Crippen LogP) is 3.01. The summed E-state index contributed by atoms with van der Waals surface area (Å²) >= 11 is 7.54. The molecule has 0 saturated carbocycles. The molecule has 1 aromatic rings. The number of halogens is 1. The number of nitrogens with one attached hydrogen (secondary N) is 1. The van der Waals surface area contributed by atoms with Crippen molar-refractivity contribution in [3.63, 3.8) is 0 Å². The van der Waals surface area contributed by atoms with Crippen LogP contribution in [0.1, 0.15) is 31.7 Å². The summed E-state index contributed by atoms with van der Waals surface area (Å²) in [5.41, 5.74) is 0. The zero-order valence-corrected chi connectivity index (χ0v) is 12.7. The summed E-state index contributed by atoms with van der Waals surface area (Å²) in [6.07, 6.45) is 4.34. The standard InChI is InChI=1S/C13H22ClN3S/c1-10(2)17(8-11-3-5-15-6-4-11)9-13-16-7-12(14)18-13/h7,10-11,15H,3-6,8-9H2,1-2H3. The molecule has 5 heteroatoms. The average Bonchev–Trinajstić information content (AvgIpc) is 2.75. The van der Waals surface area contributed by atoms with Gasteiger partial charge in [-0.25, -0.2) is 4.98 Å². The van der Waals surface area contributed by atoms with Crippen molar-refractivity contribution in [2.45, 2.75) is 39.3 Å². The van der Waals surface area contributed by atoms with Gasteiger partial charge in [0.2, 0.25) is 0 Å². The van der Waals surface area contributed by atoms with E-state index in [9.17, 15) is 0 Å². The van der Waals surface area contributed by atoms with Gasteiger partial charge in [-0.2, -0.15) is 0 Å². The molecular formula is C13H22ClN3S. The van der Waals surface area contributed by atoms with Crippen LogP contribution in [0.25, 0.3) is 0 Å². The summed E-state index contributed by atoms with van der Waals surface area (Å²) in [6.45, 7) is 8.96. The molecule has 0 unspecified atom stereocenters. The molecule has 1 aliphatic rings. The van der Waals surface area contributed by atoms with Crippen LogP contribution in [0, 0.1) is 5.92 Å². The summed E-state index contributed by atoms with van der Waals surface area (Å²) < 4.78 is 0.788. The zero-order valence-electron chi connectivity index (χ0n) is 11.2. The van der Waals surface area contributed by atoms with Gasteiger partial charge in [-0.05, 0) is 45.7 Å². The van der Waals surface area contributed by atoms with E-state index in [0.717, 1.165) is 21.8 Å². The van der Waals surface area contributed by atoms with Crippen molar-refractivity contribution < 1.29 is 0 Å². The van der Waals surface area contributed by atoms with Gasteiger partial charge in [-0.3, -0.25) is 4.90 Å². The first kappa shape index (κ1) is 14.3. The monoisotopic (exact) mass is 287 g/mol. The van der Waals surface area contributed by atoms with Crippen LogP contribution in [0.3, 0.4) is 0 Å². The number of thiazole rings is 1. The van der Waals surface area contributed by atoms with Crippen molar-refractivity contribution in [3.05, 3.63) is 15.5 Å². The van der Waals surface area contributed by atoms with Gasteiger partial charge in [0.25, 0.3) is 0 Å². The Hall–Kier alpha value is -0.160. The summed E-state index contributed by atoms with van der Waals surface area (Å²) in [7, 11) is 0. The van der Waals surface area contributed by atoms with Crippen LogP contribution in [0.15, 0.2) is 6.20 Å². The van der Waals surface area contributed by atoms with Crippen LogP contribution >= 0.6 is 22.9 Å². The molecule has 18 heavy (non-hydrogen) atoms. The first-order valence-electron chi connectivity index (χ1n) is 6.70. The molecule has 0 aliphatic carbocycles. The predicted molar refractivity (Wildman–Crippen MR) is 78.3 cm³/mol. The van der Waals surface area contributed by atoms with Crippen molar-refractivity contribution in [1.82, 2.24) is 15.2 Å². The number of rotatable bonds is 5. The average molecular weight is 288 g/mol. The topological polar surface area (TPSA) is 28.2 Å². The maximum atomic E-state index is 5.94. The first-order valence-corrected chi connectivity index (χ1v) is 7.89. The fraction of sp³-hybridized carbons (Fsp3) is 0.769. The SMILES string of the molecule is CC(C)N(Cc1ncc(Cl)s1)CC1CCNCC1. The minimum absolute atomic E-state index is 0.558. The molecule has 1 aliphatic heterocycles. The van der Waals surface area contributed by atoms with Crippen molar-refractivity contribution >= 4 is 22.9 Å². The van der Waals surface area contributed by atoms with Gasteiger partial charge in [-0.15, -0.1) is 11.3 Å². The number of nitrogens with zero attached hydrogens (tertiary/aromatic N) is 2. The summed E-state index contributed by atoms with van der Waals surface area (Å²) in [6, 6.07) is 0.558. The van der Waals surface area contributed by atoms with E-state index in [-0.39, 0.29) is 0 Å². The Labute approximate surface area is 119 Å². The fourth-order valence-corrected chi connectivity index (χ4v) is 3.37. The van der Waals surface area contributed by atoms with Crippen LogP contribution in [0.2, 0.25) is 4.34 Å². The second-order valence-electron chi connectivity index (χ2n) is 5.27. The van der Waals surface area contributed by atoms with Crippen molar-refractivity contribution in [3.8, 4) is 0 Å². The highest BCUT2D eigenvalue weighted by molar-refractivity contribution is 7.15. The van der Waals surface area contributed by atoms with E-state index in [0.29, 0.717) is 6.04 Å². The van der Waals surface area contributed by atoms with Gasteiger partial charge in [0, 0.05) is 12.6 Å². The molecule has 1 N–H and O–H groups in total. The normalized spacial score (nSPS) is 17.8. The van der Waals surface area contributed by atoms with E-state index < -0.39 is 0 Å². The van der Waals surface area contributed by atoms with Gasteiger partial charge in [-0.1, -0.05) is 11.6 Å². The third kappa shape index (κ3) is 4.19. The van der Waals surface area contributed by atoms with Crippen molar-refractivity contribution in [2.75, 3.05) is 19.6 Å². The molecule has 3 nitrogen and oxygen atoms in total. The maximum Gasteiger partial charge on any atom is 0.113 e. The Morgan fingerprint density at radius 3 is 2.78 bits per heavy atom. The third-order valence-corrected chi connectivity index (χ3v) is 4.65. The van der Waals surface area contributed by atoms with Crippen LogP contribution in [0.4, 0.5) is 0 Å². The molecule has 1 saturated heterocycles. The van der Waals surface area contributed by atoms with E-state index in [2.05, 4.69) is 29.0 Å². The number of aromatic nitrogens is 1. The lowest BCUT2D eigenvalue weighted by Gasteiger charge is -2.32. The zero-order chi connectivity index (χ0) is 13.0. The van der Waals surface area contributed by atoms with Crippen LogP contribution in [-0.2, 0) is 6.54 Å². The lowest BCUT2D eigenvalue weighted by atomic mass is 9.97. The van der Waals surface area contributed by atoms with Crippen LogP contribution in [-0.4, -0.2) is 35.6 Å². The molecular weight excluding hydrogens is 266 g/mol. The third-order valence-electron chi connectivity index (χ3n) is 3.55. The van der Waals surface area contributed by atoms with E-state index >= 15 is 0 Å². The summed E-state index contributed by atoms with van der Waals surface area (Å²) in [4.78, 5) is 6.88. The molecule has 0 atom stereocenters. The van der Waals surface area contributed by atoms with E-state index in [1.807, 2.05) is 0 Å². The minimum Gasteiger partial charge on any atom is -0.317 e. The van der Waals surface area contributed by atoms with E-state index in [4.69, 9.17) is 11.6 Å². The highest BCUT2D eigenvalue weighted by Gasteiger charge is 2.19. The van der Waals surface area contributed by atoms with Gasteiger partial charge in [0.05, 0.1) is 12.7 Å². The van der Waals surface area contributed by atoms with Gasteiger partial charge in [0.15, 0.2) is 0 Å². The summed E-state index contributed by atoms with van der Waals surface area (Å²) in [5.74, 6) is 0.823. The number of hydrogen-bond acceptors (Lipinski definition) is 4. The molecule has 2 rings (SSSR count). The highest BCUT2D eigenvalue weighted by atomic mass is 35.5. The Morgan fingerprint density at radius 1 is 1.50 bits per heavy atom. The number of piperidine rings is 1. The Bertz CT molecular complexity index is 361. The van der Waals surface area contributed by atoms with Crippen LogP contribution < -0.4 is 5.32 Å². The van der Waals surface area contributed by atoms with Gasteiger partial charge in [0.1, 0.15) is 9.34 Å². The van der Waals surface area contributed by atoms with Gasteiger partial charge >= 0.3 is 0 Å². The molecule has 0 aromatic carbocycles. The quantitative estimate of drug-likeness (QED) is 0.902. The molecule has 2 heterocycles. The highest BCUT2D eigenvalue weighted by Crippen LogP contribution is 2.22. The molecule has 102 valence electrons. The first-order chi connectivity index (χ1) is 8.65. The smallest absolute Gasteiger partial charge is 0.113 e. The lowest BCUT2D eigenvalue weighted by Crippen LogP contribution is -2.39. The van der Waals surface area contributed by atoms with Crippen molar-refractivity contribution in [2.24, 2.45) is 5.92 Å².